The summed E-state index contributed by atoms with van der Waals surface area (Å²) >= 11 is 3.78. The molecule has 0 amide bonds. The van der Waals surface area contributed by atoms with E-state index in [0.717, 1.165) is 6.42 Å². The minimum atomic E-state index is 0.833. The number of fused-ring (bicyclic) bond motifs is 6. The van der Waals surface area contributed by atoms with Crippen LogP contribution in [0.3, 0.4) is 0 Å². The molecule has 0 N–H and O–H groups in total. The van der Waals surface area contributed by atoms with Crippen LogP contribution in [-0.2, 0) is 0 Å². The monoisotopic (exact) mass is 912 g/mol. The largest absolute Gasteiger partial charge is 0.135 e. The van der Waals surface area contributed by atoms with Gasteiger partial charge in [0, 0.05) is 25.9 Å². The van der Waals surface area contributed by atoms with Gasteiger partial charge in [-0.25, -0.2) is 0 Å². The first-order valence-electron chi connectivity index (χ1n) is 23.6. The second kappa shape index (κ2) is 17.2. The highest BCUT2D eigenvalue weighted by Gasteiger charge is 2.23. The lowest BCUT2D eigenvalue weighted by Gasteiger charge is -2.21. The Morgan fingerprint density at radius 2 is 0.884 bits per heavy atom. The predicted octanol–water partition coefficient (Wildman–Crippen LogP) is 17.7. The molecule has 2 aromatic heterocycles. The highest BCUT2D eigenvalue weighted by Crippen LogP contribution is 2.47. The third-order valence-corrected chi connectivity index (χ3v) is 16.4. The maximum Gasteiger partial charge on any atom is 0.0449 e. The first-order chi connectivity index (χ1) is 34.2. The minimum absolute atomic E-state index is 0.833. The third-order valence-electron chi connectivity index (χ3n) is 14.0. The summed E-state index contributed by atoms with van der Waals surface area (Å²) < 4.78 is 0. The molecule has 2 heterocycles. The Morgan fingerprint density at radius 1 is 0.362 bits per heavy atom. The van der Waals surface area contributed by atoms with Gasteiger partial charge < -0.3 is 0 Å². The van der Waals surface area contributed by atoms with E-state index in [-0.39, 0.29) is 0 Å². The molecule has 12 aromatic rings. The van der Waals surface area contributed by atoms with Crippen LogP contribution < -0.4 is 10.4 Å². The van der Waals surface area contributed by atoms with Crippen molar-refractivity contribution in [3.05, 3.63) is 276 Å². The number of thiophene rings is 2. The zero-order chi connectivity index (χ0) is 45.8. The van der Waals surface area contributed by atoms with Gasteiger partial charge >= 0.3 is 0 Å². The number of rotatable bonds is 8. The van der Waals surface area contributed by atoms with Crippen LogP contribution in [0.15, 0.2) is 255 Å². The van der Waals surface area contributed by atoms with Crippen LogP contribution in [0.2, 0.25) is 0 Å². The van der Waals surface area contributed by atoms with Crippen molar-refractivity contribution in [2.45, 2.75) is 6.42 Å². The van der Waals surface area contributed by atoms with E-state index in [1.807, 2.05) is 34.8 Å². The first kappa shape index (κ1) is 41.1. The molecular formula is C67H44S2. The topological polar surface area (TPSA) is 0 Å². The zero-order valence-corrected chi connectivity index (χ0v) is 39.5. The van der Waals surface area contributed by atoms with E-state index in [0.29, 0.717) is 0 Å². The molecule has 13 rings (SSSR count). The second-order valence-electron chi connectivity index (χ2n) is 17.9. The molecule has 324 valence electrons. The average Bonchev–Trinajstić information content (AvgIpc) is 4.11. The van der Waals surface area contributed by atoms with Crippen LogP contribution >= 0.6 is 22.7 Å². The Bertz CT molecular complexity index is 4240. The van der Waals surface area contributed by atoms with E-state index in [2.05, 4.69) is 237 Å². The van der Waals surface area contributed by atoms with Crippen LogP contribution in [0, 0.1) is 0 Å². The molecule has 1 aliphatic rings. The van der Waals surface area contributed by atoms with Gasteiger partial charge in [0.25, 0.3) is 0 Å². The Hall–Kier alpha value is -8.14. The SMILES string of the molecule is C=C/C=C\C=C1/CC(c2ccc(-c3ccc(-c4ccc5c(-c6ccc7ccccc7c6)c6ccccc6c(-c6ccc7ccccc7c6)c5c4)s3)s2)=c2ccccc2=C1c1cccc2ccccc12. The molecule has 0 aliphatic heterocycles. The van der Waals surface area contributed by atoms with Gasteiger partial charge in [0.05, 0.1) is 0 Å². The van der Waals surface area contributed by atoms with Gasteiger partial charge in [-0.15, -0.1) is 22.7 Å². The fraction of sp³-hybridized carbons (Fsp3) is 0.0149. The van der Waals surface area contributed by atoms with E-state index in [4.69, 9.17) is 0 Å². The fourth-order valence-electron chi connectivity index (χ4n) is 10.8. The Balaban J connectivity index is 0.951. The summed E-state index contributed by atoms with van der Waals surface area (Å²) in [5.74, 6) is 0. The van der Waals surface area contributed by atoms with Crippen molar-refractivity contribution in [1.82, 2.24) is 0 Å². The molecular weight excluding hydrogens is 869 g/mol. The van der Waals surface area contributed by atoms with Gasteiger partial charge in [-0.05, 0) is 157 Å². The molecule has 10 aromatic carbocycles. The van der Waals surface area contributed by atoms with Crippen molar-refractivity contribution in [3.63, 3.8) is 0 Å². The molecule has 0 fully saturated rings. The van der Waals surface area contributed by atoms with Gasteiger partial charge in [-0.3, -0.25) is 0 Å². The average molecular weight is 913 g/mol. The fourth-order valence-corrected chi connectivity index (χ4v) is 12.9. The van der Waals surface area contributed by atoms with Crippen LogP contribution in [0.1, 0.15) is 16.9 Å². The zero-order valence-electron chi connectivity index (χ0n) is 37.8. The van der Waals surface area contributed by atoms with E-state index in [1.54, 1.807) is 0 Å². The van der Waals surface area contributed by atoms with Crippen molar-refractivity contribution in [2.75, 3.05) is 0 Å². The maximum atomic E-state index is 3.96. The Morgan fingerprint density at radius 3 is 1.58 bits per heavy atom. The molecule has 2 heteroatoms. The molecule has 0 spiro atoms. The number of benzene rings is 10. The highest BCUT2D eigenvalue weighted by atomic mass is 32.1. The molecule has 0 atom stereocenters. The minimum Gasteiger partial charge on any atom is -0.135 e. The van der Waals surface area contributed by atoms with Crippen molar-refractivity contribution >= 4 is 87.7 Å². The molecule has 69 heavy (non-hydrogen) atoms. The molecule has 1 aliphatic carbocycles. The summed E-state index contributed by atoms with van der Waals surface area (Å²) in [5, 5.41) is 15.1. The summed E-state index contributed by atoms with van der Waals surface area (Å²) in [6.45, 7) is 3.96. The third kappa shape index (κ3) is 7.20. The molecule has 0 nitrogen and oxygen atoms in total. The highest BCUT2D eigenvalue weighted by molar-refractivity contribution is 7.24. The van der Waals surface area contributed by atoms with Gasteiger partial charge in [-0.2, -0.15) is 0 Å². The summed E-state index contributed by atoms with van der Waals surface area (Å²) in [6.07, 6.45) is 9.13. The number of hydrogen-bond donors (Lipinski definition) is 0. The molecule has 0 saturated carbocycles. The van der Waals surface area contributed by atoms with E-state index in [1.165, 1.54) is 134 Å². The van der Waals surface area contributed by atoms with E-state index >= 15 is 0 Å². The Labute approximate surface area is 409 Å². The normalized spacial score (nSPS) is 13.4. The summed E-state index contributed by atoms with van der Waals surface area (Å²) in [7, 11) is 0. The lowest BCUT2D eigenvalue weighted by Crippen LogP contribution is -2.33. The molecule has 0 bridgehead atoms. The van der Waals surface area contributed by atoms with Gasteiger partial charge in [-0.1, -0.05) is 207 Å². The number of allylic oxidation sites excluding steroid dienone is 5. The number of hydrogen-bond acceptors (Lipinski definition) is 2. The van der Waals surface area contributed by atoms with Gasteiger partial charge in [0.1, 0.15) is 0 Å². The lowest BCUT2D eigenvalue weighted by molar-refractivity contribution is 1.23. The Kier molecular flexibility index (Phi) is 10.2. The quantitative estimate of drug-likeness (QED) is 0.105. The van der Waals surface area contributed by atoms with Crippen LogP contribution in [-0.4, -0.2) is 0 Å². The standard InChI is InChI=1S/C67H44S2/c1-2-3-4-21-49-42-59(53-24-11-12-25-55(53)65(49)54-28-15-22-45-18-9-10-23-52(45)54)62-36-38-64(69-62)63-37-35-61(68-63)48-33-34-58-60(41-48)67(51-32-30-44-17-6-8-20-47(44)40-51)57-27-14-13-26-56(57)66(58)50-31-29-43-16-5-7-19-46(43)39-50/h2-41H,1,42H2/b4-3-,49-21+. The van der Waals surface area contributed by atoms with Crippen LogP contribution in [0.4, 0.5) is 0 Å². The smallest absolute Gasteiger partial charge is 0.0449 e. The first-order valence-corrected chi connectivity index (χ1v) is 25.3. The lowest BCUT2D eigenvalue weighted by atomic mass is 9.83. The molecule has 0 saturated heterocycles. The van der Waals surface area contributed by atoms with Crippen LogP contribution in [0.5, 0.6) is 0 Å². The van der Waals surface area contributed by atoms with E-state index in [9.17, 15) is 0 Å². The second-order valence-corrected chi connectivity index (χ2v) is 20.1. The van der Waals surface area contributed by atoms with E-state index < -0.39 is 0 Å². The van der Waals surface area contributed by atoms with Gasteiger partial charge in [0.15, 0.2) is 0 Å². The summed E-state index contributed by atoms with van der Waals surface area (Å²) in [4.78, 5) is 5.14. The van der Waals surface area contributed by atoms with Crippen molar-refractivity contribution in [2.24, 2.45) is 0 Å². The van der Waals surface area contributed by atoms with Crippen molar-refractivity contribution in [1.29, 1.82) is 0 Å². The predicted molar refractivity (Wildman–Crippen MR) is 301 cm³/mol. The van der Waals surface area contributed by atoms with Crippen molar-refractivity contribution in [3.8, 4) is 42.4 Å². The van der Waals surface area contributed by atoms with Crippen LogP contribution in [0.25, 0.3) is 107 Å². The van der Waals surface area contributed by atoms with Gasteiger partial charge in [0.2, 0.25) is 0 Å². The molecule has 0 unspecified atom stereocenters. The summed E-state index contributed by atoms with van der Waals surface area (Å²) in [6, 6.07) is 81.2. The molecule has 0 radical (unpaired) electrons. The maximum absolute atomic E-state index is 3.96. The summed E-state index contributed by atoms with van der Waals surface area (Å²) in [5.41, 5.74) is 11.5. The van der Waals surface area contributed by atoms with Crippen molar-refractivity contribution < 1.29 is 0 Å².